The number of hydrogen-bond acceptors (Lipinski definition) is 6. The van der Waals surface area contributed by atoms with Crippen LogP contribution in [0.2, 0.25) is 0 Å². The minimum atomic E-state index is -0.631. The van der Waals surface area contributed by atoms with Crippen LogP contribution < -0.4 is 19.5 Å². The molecule has 0 atom stereocenters. The smallest absolute Gasteiger partial charge is 0.286 e. The first-order valence-corrected chi connectivity index (χ1v) is 9.46. The van der Waals surface area contributed by atoms with Crippen LogP contribution in [0.25, 0.3) is 0 Å². The Morgan fingerprint density at radius 1 is 0.935 bits per heavy atom. The van der Waals surface area contributed by atoms with E-state index < -0.39 is 10.8 Å². The molecule has 0 radical (unpaired) electrons. The Balaban J connectivity index is 1.76. The summed E-state index contributed by atoms with van der Waals surface area (Å²) in [6.07, 6.45) is 0. The zero-order chi connectivity index (χ0) is 22.2. The van der Waals surface area contributed by atoms with Crippen molar-refractivity contribution >= 4 is 11.6 Å². The highest BCUT2D eigenvalue weighted by atomic mass is 16.6. The maximum atomic E-state index is 12.7. The number of para-hydroxylation sites is 1. The summed E-state index contributed by atoms with van der Waals surface area (Å²) in [5.74, 6) is 0.411. The first kappa shape index (κ1) is 21.6. The van der Waals surface area contributed by atoms with Gasteiger partial charge in [-0.15, -0.1) is 0 Å². The number of nitro benzene ring substituents is 1. The lowest BCUT2D eigenvalue weighted by Crippen LogP contribution is -2.24. The Labute approximate surface area is 179 Å². The average molecular weight is 422 g/mol. The molecule has 0 saturated heterocycles. The highest BCUT2D eigenvalue weighted by Crippen LogP contribution is 2.34. The summed E-state index contributed by atoms with van der Waals surface area (Å²) in [5, 5.41) is 14.2. The van der Waals surface area contributed by atoms with Gasteiger partial charge in [0.1, 0.15) is 17.9 Å². The molecule has 3 aromatic carbocycles. The molecule has 160 valence electrons. The summed E-state index contributed by atoms with van der Waals surface area (Å²) in [7, 11) is 2.76. The number of carbonyl (C=O) groups is 1. The van der Waals surface area contributed by atoms with E-state index in [0.29, 0.717) is 12.4 Å². The van der Waals surface area contributed by atoms with Gasteiger partial charge in [0.25, 0.3) is 11.6 Å². The topological polar surface area (TPSA) is 99.9 Å². The van der Waals surface area contributed by atoms with Crippen molar-refractivity contribution in [3.8, 4) is 17.2 Å². The molecule has 3 aromatic rings. The van der Waals surface area contributed by atoms with Gasteiger partial charge in [-0.25, -0.2) is 0 Å². The lowest BCUT2D eigenvalue weighted by atomic mass is 10.1. The van der Waals surface area contributed by atoms with Crippen LogP contribution >= 0.6 is 0 Å². The maximum absolute atomic E-state index is 12.7. The second-order valence-corrected chi connectivity index (χ2v) is 6.55. The molecule has 1 amide bonds. The van der Waals surface area contributed by atoms with Gasteiger partial charge in [0.15, 0.2) is 11.5 Å². The van der Waals surface area contributed by atoms with Crippen LogP contribution in [0.4, 0.5) is 5.69 Å². The van der Waals surface area contributed by atoms with Gasteiger partial charge in [0.05, 0.1) is 25.2 Å². The fraction of sp³-hybridized carbons (Fsp3) is 0.174. The third-order valence-corrected chi connectivity index (χ3v) is 4.59. The number of ether oxygens (including phenoxy) is 3. The lowest BCUT2D eigenvalue weighted by Gasteiger charge is -2.13. The van der Waals surface area contributed by atoms with Crippen molar-refractivity contribution in [2.75, 3.05) is 14.2 Å². The molecule has 3 rings (SSSR count). The molecule has 8 heteroatoms. The van der Waals surface area contributed by atoms with Gasteiger partial charge in [-0.1, -0.05) is 48.5 Å². The number of methoxy groups -OCH3 is 2. The molecule has 31 heavy (non-hydrogen) atoms. The van der Waals surface area contributed by atoms with E-state index in [0.717, 1.165) is 11.1 Å². The number of benzene rings is 3. The van der Waals surface area contributed by atoms with E-state index in [4.69, 9.17) is 14.2 Å². The molecule has 0 saturated carbocycles. The Morgan fingerprint density at radius 2 is 1.58 bits per heavy atom. The number of rotatable bonds is 9. The molecular formula is C23H22N2O6. The highest BCUT2D eigenvalue weighted by molar-refractivity contribution is 5.99. The van der Waals surface area contributed by atoms with Crippen LogP contribution in [-0.4, -0.2) is 25.1 Å². The number of nitro groups is 1. The van der Waals surface area contributed by atoms with Crippen molar-refractivity contribution in [2.45, 2.75) is 13.2 Å². The van der Waals surface area contributed by atoms with E-state index in [1.165, 1.54) is 26.4 Å². The molecule has 0 bridgehead atoms. The van der Waals surface area contributed by atoms with Gasteiger partial charge >= 0.3 is 0 Å². The van der Waals surface area contributed by atoms with Gasteiger partial charge in [-0.2, -0.15) is 0 Å². The monoisotopic (exact) mass is 422 g/mol. The van der Waals surface area contributed by atoms with E-state index in [1.54, 1.807) is 0 Å². The van der Waals surface area contributed by atoms with Crippen molar-refractivity contribution in [2.24, 2.45) is 0 Å². The van der Waals surface area contributed by atoms with E-state index in [-0.39, 0.29) is 29.3 Å². The molecule has 0 aliphatic carbocycles. The van der Waals surface area contributed by atoms with Gasteiger partial charge in [0.2, 0.25) is 0 Å². The number of nitrogens with zero attached hydrogens (tertiary/aromatic N) is 1. The van der Waals surface area contributed by atoms with E-state index in [1.807, 2.05) is 54.6 Å². The minimum absolute atomic E-state index is 0.120. The van der Waals surface area contributed by atoms with Gasteiger partial charge in [-0.05, 0) is 11.6 Å². The molecule has 0 heterocycles. The van der Waals surface area contributed by atoms with Gasteiger partial charge in [-0.3, -0.25) is 14.9 Å². The summed E-state index contributed by atoms with van der Waals surface area (Å²) in [6.45, 7) is 0.516. The Bertz CT molecular complexity index is 1070. The summed E-state index contributed by atoms with van der Waals surface area (Å²) >= 11 is 0. The van der Waals surface area contributed by atoms with Crippen LogP contribution in [0.1, 0.15) is 21.5 Å². The zero-order valence-electron chi connectivity index (χ0n) is 17.2. The van der Waals surface area contributed by atoms with Crippen LogP contribution in [0, 0.1) is 10.1 Å². The highest BCUT2D eigenvalue weighted by Gasteiger charge is 2.24. The van der Waals surface area contributed by atoms with Crippen LogP contribution in [-0.2, 0) is 13.2 Å². The molecule has 8 nitrogen and oxygen atoms in total. The second kappa shape index (κ2) is 10.1. The van der Waals surface area contributed by atoms with Crippen molar-refractivity contribution in [3.63, 3.8) is 0 Å². The number of carbonyl (C=O) groups excluding carboxylic acids is 1. The SMILES string of the molecule is COc1cc(C(=O)NCc2ccccc2OCc2ccccc2)c([N+](=O)[O-])cc1OC. The van der Waals surface area contributed by atoms with Gasteiger partial charge < -0.3 is 19.5 Å². The average Bonchev–Trinajstić information content (AvgIpc) is 2.81. The van der Waals surface area contributed by atoms with Gasteiger partial charge in [0, 0.05) is 18.2 Å². The van der Waals surface area contributed by atoms with Crippen LogP contribution in [0.15, 0.2) is 66.7 Å². The molecule has 0 aliphatic heterocycles. The van der Waals surface area contributed by atoms with Crippen LogP contribution in [0.3, 0.4) is 0 Å². The molecular weight excluding hydrogens is 400 g/mol. The largest absolute Gasteiger partial charge is 0.493 e. The summed E-state index contributed by atoms with van der Waals surface area (Å²) in [4.78, 5) is 23.6. The Hall–Kier alpha value is -4.07. The third-order valence-electron chi connectivity index (χ3n) is 4.59. The summed E-state index contributed by atoms with van der Waals surface area (Å²) < 4.78 is 16.2. The van der Waals surface area contributed by atoms with Crippen molar-refractivity contribution in [1.82, 2.24) is 5.32 Å². The second-order valence-electron chi connectivity index (χ2n) is 6.55. The fourth-order valence-electron chi connectivity index (χ4n) is 3.00. The van der Waals surface area contributed by atoms with Crippen molar-refractivity contribution < 1.29 is 23.9 Å². The predicted octanol–water partition coefficient (Wildman–Crippen LogP) is 4.12. The fourth-order valence-corrected chi connectivity index (χ4v) is 3.00. The van der Waals surface area contributed by atoms with Crippen molar-refractivity contribution in [1.29, 1.82) is 0 Å². The first-order valence-electron chi connectivity index (χ1n) is 9.46. The van der Waals surface area contributed by atoms with E-state index in [9.17, 15) is 14.9 Å². The molecule has 1 N–H and O–H groups in total. The molecule has 0 fully saturated rings. The minimum Gasteiger partial charge on any atom is -0.493 e. The maximum Gasteiger partial charge on any atom is 0.286 e. The Kier molecular flexibility index (Phi) is 7.05. The quantitative estimate of drug-likeness (QED) is 0.411. The molecule has 0 aliphatic rings. The lowest BCUT2D eigenvalue weighted by molar-refractivity contribution is -0.385. The van der Waals surface area contributed by atoms with E-state index in [2.05, 4.69) is 5.32 Å². The summed E-state index contributed by atoms with van der Waals surface area (Å²) in [5.41, 5.74) is 1.27. The number of nitrogens with one attached hydrogen (secondary N) is 1. The number of amides is 1. The first-order chi connectivity index (χ1) is 15.0. The molecule has 0 spiro atoms. The zero-order valence-corrected chi connectivity index (χ0v) is 17.2. The third kappa shape index (κ3) is 5.30. The standard InChI is InChI=1S/C23H22N2O6/c1-29-21-12-18(19(25(27)28)13-22(21)30-2)23(26)24-14-17-10-6-7-11-20(17)31-15-16-8-4-3-5-9-16/h3-13H,14-15H2,1-2H3,(H,24,26). The molecule has 0 aromatic heterocycles. The molecule has 0 unspecified atom stereocenters. The number of hydrogen-bond donors (Lipinski definition) is 1. The van der Waals surface area contributed by atoms with Crippen molar-refractivity contribution in [3.05, 3.63) is 93.5 Å². The normalized spacial score (nSPS) is 10.3. The summed E-state index contributed by atoms with van der Waals surface area (Å²) in [6, 6.07) is 19.5. The predicted molar refractivity (Wildman–Crippen MR) is 115 cm³/mol. The Morgan fingerprint density at radius 3 is 2.26 bits per heavy atom. The van der Waals surface area contributed by atoms with Crippen LogP contribution in [0.5, 0.6) is 17.2 Å². The van der Waals surface area contributed by atoms with E-state index >= 15 is 0 Å².